The zero-order valence-corrected chi connectivity index (χ0v) is 10.9. The third-order valence-corrected chi connectivity index (χ3v) is 3.95. The maximum atomic E-state index is 12.5. The van der Waals surface area contributed by atoms with Gasteiger partial charge in [0.15, 0.2) is 0 Å². The highest BCUT2D eigenvalue weighted by atomic mass is 16.5. The van der Waals surface area contributed by atoms with E-state index in [-0.39, 0.29) is 18.5 Å². The standard InChI is InChI=1S/C13H17N3O3/c1-9-7-10(15-19-9)8-16-11(17)13(14-12(16)18)5-3-2-4-6-13/h7H,2-6,8H2,1H3,(H,14,18). The quantitative estimate of drug-likeness (QED) is 0.825. The van der Waals surface area contributed by atoms with E-state index in [1.165, 1.54) is 4.90 Å². The third kappa shape index (κ3) is 2.01. The van der Waals surface area contributed by atoms with Gasteiger partial charge in [0.1, 0.15) is 17.0 Å². The van der Waals surface area contributed by atoms with Crippen LogP contribution in [0.25, 0.3) is 0 Å². The van der Waals surface area contributed by atoms with Crippen LogP contribution in [0.1, 0.15) is 43.6 Å². The highest BCUT2D eigenvalue weighted by Gasteiger charge is 2.51. The van der Waals surface area contributed by atoms with E-state index < -0.39 is 5.54 Å². The van der Waals surface area contributed by atoms with Crippen molar-refractivity contribution < 1.29 is 14.1 Å². The molecule has 1 aliphatic carbocycles. The van der Waals surface area contributed by atoms with E-state index in [9.17, 15) is 9.59 Å². The summed E-state index contributed by atoms with van der Waals surface area (Å²) in [6.07, 6.45) is 4.59. The maximum Gasteiger partial charge on any atom is 0.325 e. The zero-order chi connectivity index (χ0) is 13.5. The molecule has 0 aromatic carbocycles. The number of amides is 3. The molecule has 1 saturated carbocycles. The molecule has 102 valence electrons. The van der Waals surface area contributed by atoms with Crippen LogP contribution in [-0.4, -0.2) is 27.5 Å². The lowest BCUT2D eigenvalue weighted by Crippen LogP contribution is -2.48. The van der Waals surface area contributed by atoms with Gasteiger partial charge >= 0.3 is 6.03 Å². The van der Waals surface area contributed by atoms with Gasteiger partial charge in [-0.15, -0.1) is 0 Å². The summed E-state index contributed by atoms with van der Waals surface area (Å²) in [6, 6.07) is 1.43. The van der Waals surface area contributed by atoms with E-state index in [1.807, 2.05) is 0 Å². The SMILES string of the molecule is Cc1cc(CN2C(=O)NC3(CCCCC3)C2=O)no1. The van der Waals surface area contributed by atoms with Crippen molar-refractivity contribution in [3.8, 4) is 0 Å². The number of carbonyl (C=O) groups is 2. The van der Waals surface area contributed by atoms with Gasteiger partial charge in [0.25, 0.3) is 5.91 Å². The second-order valence-electron chi connectivity index (χ2n) is 5.39. The van der Waals surface area contributed by atoms with E-state index in [2.05, 4.69) is 10.5 Å². The van der Waals surface area contributed by atoms with Crippen LogP contribution in [0.5, 0.6) is 0 Å². The Balaban J connectivity index is 1.79. The molecule has 1 spiro atoms. The van der Waals surface area contributed by atoms with E-state index >= 15 is 0 Å². The summed E-state index contributed by atoms with van der Waals surface area (Å²) in [4.78, 5) is 25.7. The molecule has 2 aliphatic rings. The largest absolute Gasteiger partial charge is 0.361 e. The Kier molecular flexibility index (Phi) is 2.80. The monoisotopic (exact) mass is 263 g/mol. The number of aryl methyl sites for hydroxylation is 1. The van der Waals surface area contributed by atoms with E-state index in [4.69, 9.17) is 4.52 Å². The summed E-state index contributed by atoms with van der Waals surface area (Å²) in [6.45, 7) is 1.97. The molecule has 6 nitrogen and oxygen atoms in total. The normalized spacial score (nSPS) is 22.1. The van der Waals surface area contributed by atoms with Crippen LogP contribution in [0.2, 0.25) is 0 Å². The molecule has 1 aliphatic heterocycles. The molecular weight excluding hydrogens is 246 g/mol. The van der Waals surface area contributed by atoms with Gasteiger partial charge in [0.05, 0.1) is 6.54 Å². The first-order valence-electron chi connectivity index (χ1n) is 6.67. The van der Waals surface area contributed by atoms with Crippen LogP contribution in [-0.2, 0) is 11.3 Å². The lowest BCUT2D eigenvalue weighted by Gasteiger charge is -2.30. The van der Waals surface area contributed by atoms with Crippen molar-refractivity contribution in [1.82, 2.24) is 15.4 Å². The summed E-state index contributed by atoms with van der Waals surface area (Å²) in [5.74, 6) is 0.562. The average Bonchev–Trinajstić information content (AvgIpc) is 2.89. The van der Waals surface area contributed by atoms with Crippen molar-refractivity contribution in [3.63, 3.8) is 0 Å². The fraction of sp³-hybridized carbons (Fsp3) is 0.615. The Morgan fingerprint density at radius 2 is 2.11 bits per heavy atom. The molecule has 1 saturated heterocycles. The van der Waals surface area contributed by atoms with Crippen LogP contribution in [0.3, 0.4) is 0 Å². The van der Waals surface area contributed by atoms with E-state index in [0.717, 1.165) is 32.1 Å². The number of hydrogen-bond acceptors (Lipinski definition) is 4. The van der Waals surface area contributed by atoms with Crippen molar-refractivity contribution >= 4 is 11.9 Å². The van der Waals surface area contributed by atoms with Crippen molar-refractivity contribution in [2.75, 3.05) is 0 Å². The molecule has 2 heterocycles. The van der Waals surface area contributed by atoms with Crippen LogP contribution < -0.4 is 5.32 Å². The molecule has 2 fully saturated rings. The molecule has 0 unspecified atom stereocenters. The Morgan fingerprint density at radius 3 is 2.74 bits per heavy atom. The number of nitrogens with zero attached hydrogens (tertiary/aromatic N) is 2. The zero-order valence-electron chi connectivity index (χ0n) is 10.9. The third-order valence-electron chi connectivity index (χ3n) is 3.95. The fourth-order valence-electron chi connectivity index (χ4n) is 2.97. The first kappa shape index (κ1) is 12.2. The lowest BCUT2D eigenvalue weighted by atomic mass is 9.82. The Labute approximate surface area is 111 Å². The summed E-state index contributed by atoms with van der Waals surface area (Å²) < 4.78 is 4.96. The fourth-order valence-corrected chi connectivity index (χ4v) is 2.97. The molecule has 19 heavy (non-hydrogen) atoms. The summed E-state index contributed by atoms with van der Waals surface area (Å²) >= 11 is 0. The van der Waals surface area contributed by atoms with Gasteiger partial charge in [-0.05, 0) is 19.8 Å². The molecule has 3 amide bonds. The molecule has 6 heteroatoms. The summed E-state index contributed by atoms with van der Waals surface area (Å²) in [5.41, 5.74) is -0.0532. The first-order valence-corrected chi connectivity index (χ1v) is 6.67. The number of rotatable bonds is 2. The summed E-state index contributed by atoms with van der Waals surface area (Å²) in [5, 5.41) is 6.71. The van der Waals surface area contributed by atoms with Crippen LogP contribution >= 0.6 is 0 Å². The predicted molar refractivity (Wildman–Crippen MR) is 66.1 cm³/mol. The Bertz CT molecular complexity index is 517. The molecule has 0 atom stereocenters. The minimum atomic E-state index is -0.659. The van der Waals surface area contributed by atoms with Gasteiger partial charge in [-0.25, -0.2) is 4.79 Å². The first-order chi connectivity index (χ1) is 9.11. The molecule has 3 rings (SSSR count). The molecule has 1 aromatic heterocycles. The highest BCUT2D eigenvalue weighted by Crippen LogP contribution is 2.34. The second kappa shape index (κ2) is 4.36. The maximum absolute atomic E-state index is 12.5. The lowest BCUT2D eigenvalue weighted by molar-refractivity contribution is -0.132. The number of aromatic nitrogens is 1. The molecule has 1 aromatic rings. The van der Waals surface area contributed by atoms with Crippen LogP contribution in [0.4, 0.5) is 4.79 Å². The summed E-state index contributed by atoms with van der Waals surface area (Å²) in [7, 11) is 0. The minimum Gasteiger partial charge on any atom is -0.361 e. The highest BCUT2D eigenvalue weighted by molar-refractivity contribution is 6.07. The van der Waals surface area contributed by atoms with Gasteiger partial charge in [0, 0.05) is 6.07 Å². The average molecular weight is 263 g/mol. The van der Waals surface area contributed by atoms with Gasteiger partial charge in [0.2, 0.25) is 0 Å². The number of nitrogens with one attached hydrogen (secondary N) is 1. The van der Waals surface area contributed by atoms with E-state index in [0.29, 0.717) is 11.5 Å². The van der Waals surface area contributed by atoms with Crippen molar-refractivity contribution in [2.24, 2.45) is 0 Å². The number of hydrogen-bond donors (Lipinski definition) is 1. The predicted octanol–water partition coefficient (Wildman–Crippen LogP) is 1.74. The van der Waals surface area contributed by atoms with Gasteiger partial charge in [-0.3, -0.25) is 9.69 Å². The molecule has 1 N–H and O–H groups in total. The van der Waals surface area contributed by atoms with E-state index in [1.54, 1.807) is 13.0 Å². The molecule has 0 radical (unpaired) electrons. The molecular formula is C13H17N3O3. The van der Waals surface area contributed by atoms with Gasteiger partial charge in [-0.1, -0.05) is 24.4 Å². The van der Waals surface area contributed by atoms with Crippen molar-refractivity contribution in [2.45, 2.75) is 51.1 Å². The van der Waals surface area contributed by atoms with Crippen molar-refractivity contribution in [1.29, 1.82) is 0 Å². The number of urea groups is 1. The molecule has 0 bridgehead atoms. The van der Waals surface area contributed by atoms with Crippen LogP contribution in [0, 0.1) is 6.92 Å². The van der Waals surface area contributed by atoms with Crippen LogP contribution in [0.15, 0.2) is 10.6 Å². The smallest absolute Gasteiger partial charge is 0.325 e. The van der Waals surface area contributed by atoms with Gasteiger partial charge < -0.3 is 9.84 Å². The topological polar surface area (TPSA) is 75.4 Å². The minimum absolute atomic E-state index is 0.113. The Morgan fingerprint density at radius 1 is 1.37 bits per heavy atom. The van der Waals surface area contributed by atoms with Crippen molar-refractivity contribution in [3.05, 3.63) is 17.5 Å². The Hall–Kier alpha value is -1.85. The van der Waals surface area contributed by atoms with Gasteiger partial charge in [-0.2, -0.15) is 0 Å². The number of imide groups is 1. The number of carbonyl (C=O) groups excluding carboxylic acids is 2. The second-order valence-corrected chi connectivity index (χ2v) is 5.39.